The Bertz CT molecular complexity index is 1630. The highest BCUT2D eigenvalue weighted by molar-refractivity contribution is 9.10. The molecule has 8 nitrogen and oxygen atoms in total. The minimum atomic E-state index is -4.10. The predicted molar refractivity (Wildman–Crippen MR) is 143 cm³/mol. The summed E-state index contributed by atoms with van der Waals surface area (Å²) in [5, 5.41) is 0.988. The van der Waals surface area contributed by atoms with Crippen molar-refractivity contribution in [3.05, 3.63) is 68.2 Å². The van der Waals surface area contributed by atoms with Crippen LogP contribution in [0.2, 0.25) is 5.02 Å². The maximum Gasteiger partial charge on any atom is 0.250 e. The molecule has 188 valence electrons. The summed E-state index contributed by atoms with van der Waals surface area (Å²) in [6.07, 6.45) is 0. The van der Waals surface area contributed by atoms with Crippen molar-refractivity contribution >= 4 is 65.2 Å². The van der Waals surface area contributed by atoms with Gasteiger partial charge in [0.15, 0.2) is 10.5 Å². The number of rotatable bonds is 5. The summed E-state index contributed by atoms with van der Waals surface area (Å²) in [5.41, 5.74) is 0.741. The van der Waals surface area contributed by atoms with Crippen molar-refractivity contribution in [1.82, 2.24) is 4.31 Å². The molecule has 0 bridgehead atoms. The molecule has 36 heavy (non-hydrogen) atoms. The molecule has 1 aliphatic rings. The third-order valence-corrected chi connectivity index (χ3v) is 8.95. The molecule has 0 atom stereocenters. The number of hydrogen-bond donors (Lipinski definition) is 0. The number of nitrogens with zero attached hydrogens (tertiary/aromatic N) is 2. The standard InChI is InChI=1S/C25H22BrClN2O6S/c1-33-20-14-21(34-2)25(24-22(20)23(30)18-13-15(26)3-8-19(18)35-24)36(31,32)29-11-9-28(10-12-29)17-6-4-16(27)5-7-17/h3-8,13-14H,9-12H2,1-2H3. The number of fused-ring (bicyclic) bond motifs is 2. The van der Waals surface area contributed by atoms with Crippen LogP contribution in [0.4, 0.5) is 5.69 Å². The van der Waals surface area contributed by atoms with Crippen molar-refractivity contribution < 1.29 is 22.3 Å². The molecule has 0 radical (unpaired) electrons. The van der Waals surface area contributed by atoms with E-state index in [0.717, 1.165) is 5.69 Å². The number of sulfonamides is 1. The molecule has 1 fully saturated rings. The normalized spacial score (nSPS) is 14.9. The lowest BCUT2D eigenvalue weighted by Crippen LogP contribution is -2.48. The van der Waals surface area contributed by atoms with Crippen LogP contribution >= 0.6 is 27.5 Å². The Hall–Kier alpha value is -2.79. The molecule has 0 saturated carbocycles. The molecular formula is C25H22BrClN2O6S. The Balaban J connectivity index is 1.63. The largest absolute Gasteiger partial charge is 0.496 e. The van der Waals surface area contributed by atoms with E-state index >= 15 is 0 Å². The third kappa shape index (κ3) is 4.21. The fourth-order valence-corrected chi connectivity index (χ4v) is 6.61. The smallest absolute Gasteiger partial charge is 0.250 e. The van der Waals surface area contributed by atoms with E-state index in [2.05, 4.69) is 20.8 Å². The molecule has 0 aliphatic carbocycles. The van der Waals surface area contributed by atoms with Crippen LogP contribution in [0.25, 0.3) is 21.9 Å². The van der Waals surface area contributed by atoms with Crippen LogP contribution in [0.1, 0.15) is 0 Å². The molecule has 2 heterocycles. The maximum absolute atomic E-state index is 14.0. The first-order chi connectivity index (χ1) is 17.2. The Morgan fingerprint density at radius 3 is 2.25 bits per heavy atom. The summed E-state index contributed by atoms with van der Waals surface area (Å²) in [5.74, 6) is 0.211. The molecule has 0 amide bonds. The molecule has 4 aromatic rings. The van der Waals surface area contributed by atoms with Gasteiger partial charge in [0, 0.05) is 47.4 Å². The number of piperazine rings is 1. The summed E-state index contributed by atoms with van der Waals surface area (Å²) in [4.78, 5) is 15.4. The van der Waals surface area contributed by atoms with Gasteiger partial charge in [0.1, 0.15) is 22.5 Å². The number of ether oxygens (including phenoxy) is 2. The second kappa shape index (κ2) is 9.59. The van der Waals surface area contributed by atoms with Gasteiger partial charge in [-0.3, -0.25) is 4.79 Å². The van der Waals surface area contributed by atoms with E-state index in [-0.39, 0.29) is 46.0 Å². The van der Waals surface area contributed by atoms with Gasteiger partial charge in [-0.1, -0.05) is 27.5 Å². The van der Waals surface area contributed by atoms with Crippen molar-refractivity contribution in [1.29, 1.82) is 0 Å². The average Bonchev–Trinajstić information content (AvgIpc) is 2.88. The van der Waals surface area contributed by atoms with Crippen LogP contribution < -0.4 is 19.8 Å². The topological polar surface area (TPSA) is 89.3 Å². The van der Waals surface area contributed by atoms with Gasteiger partial charge in [0.2, 0.25) is 5.43 Å². The fraction of sp³-hybridized carbons (Fsp3) is 0.240. The zero-order valence-corrected chi connectivity index (χ0v) is 22.6. The van der Waals surface area contributed by atoms with Gasteiger partial charge < -0.3 is 18.8 Å². The molecule has 1 aromatic heterocycles. The lowest BCUT2D eigenvalue weighted by atomic mass is 10.1. The predicted octanol–water partition coefficient (Wildman–Crippen LogP) is 4.89. The number of anilines is 1. The van der Waals surface area contributed by atoms with Gasteiger partial charge in [0.25, 0.3) is 10.0 Å². The quantitative estimate of drug-likeness (QED) is 0.305. The summed E-state index contributed by atoms with van der Waals surface area (Å²) in [7, 11) is -1.32. The van der Waals surface area contributed by atoms with E-state index in [4.69, 9.17) is 25.5 Å². The molecule has 5 rings (SSSR count). The number of methoxy groups -OCH3 is 2. The van der Waals surface area contributed by atoms with Crippen molar-refractivity contribution in [2.75, 3.05) is 45.3 Å². The van der Waals surface area contributed by atoms with Crippen LogP contribution in [0.3, 0.4) is 0 Å². The monoisotopic (exact) mass is 592 g/mol. The summed E-state index contributed by atoms with van der Waals surface area (Å²) >= 11 is 9.36. The lowest BCUT2D eigenvalue weighted by molar-refractivity contribution is 0.370. The Labute approximate surface area is 221 Å². The lowest BCUT2D eigenvalue weighted by Gasteiger charge is -2.35. The van der Waals surface area contributed by atoms with Gasteiger partial charge in [-0.2, -0.15) is 4.31 Å². The number of benzene rings is 3. The van der Waals surface area contributed by atoms with Crippen molar-refractivity contribution in [2.45, 2.75) is 4.90 Å². The van der Waals surface area contributed by atoms with Crippen LogP contribution in [0, 0.1) is 0 Å². The van der Waals surface area contributed by atoms with Gasteiger partial charge in [-0.05, 0) is 42.5 Å². The highest BCUT2D eigenvalue weighted by atomic mass is 79.9. The van der Waals surface area contributed by atoms with Crippen molar-refractivity contribution in [3.8, 4) is 11.5 Å². The van der Waals surface area contributed by atoms with E-state index in [9.17, 15) is 13.2 Å². The van der Waals surface area contributed by atoms with Crippen LogP contribution in [0.15, 0.2) is 67.1 Å². The molecule has 0 unspecified atom stereocenters. The second-order valence-corrected chi connectivity index (χ2v) is 11.5. The van der Waals surface area contributed by atoms with Gasteiger partial charge >= 0.3 is 0 Å². The molecule has 0 N–H and O–H groups in total. The zero-order chi connectivity index (χ0) is 25.6. The molecular weight excluding hydrogens is 572 g/mol. The van der Waals surface area contributed by atoms with Crippen LogP contribution in [-0.4, -0.2) is 53.1 Å². The van der Waals surface area contributed by atoms with Crippen molar-refractivity contribution in [3.63, 3.8) is 0 Å². The minimum Gasteiger partial charge on any atom is -0.496 e. The summed E-state index contributed by atoms with van der Waals surface area (Å²) in [6.45, 7) is 1.45. The van der Waals surface area contributed by atoms with Gasteiger partial charge in [-0.15, -0.1) is 0 Å². The molecule has 11 heteroatoms. The average molecular weight is 594 g/mol. The summed E-state index contributed by atoms with van der Waals surface area (Å²) < 4.78 is 47.0. The number of hydrogen-bond acceptors (Lipinski definition) is 7. The molecule has 1 saturated heterocycles. The SMILES string of the molecule is COc1cc(OC)c2c(=O)c3cc(Br)ccc3oc2c1S(=O)(=O)N1CCN(c2ccc(Cl)cc2)CC1. The van der Waals surface area contributed by atoms with Gasteiger partial charge in [0.05, 0.1) is 19.6 Å². The maximum atomic E-state index is 14.0. The second-order valence-electron chi connectivity index (χ2n) is 8.25. The Kier molecular flexibility index (Phi) is 6.63. The first kappa shape index (κ1) is 24.9. The van der Waals surface area contributed by atoms with Crippen molar-refractivity contribution in [2.24, 2.45) is 0 Å². The number of halogens is 2. The van der Waals surface area contributed by atoms with E-state index < -0.39 is 15.5 Å². The van der Waals surface area contributed by atoms with E-state index in [1.807, 2.05) is 12.1 Å². The zero-order valence-electron chi connectivity index (χ0n) is 19.5. The molecule has 1 aliphatic heterocycles. The Morgan fingerprint density at radius 2 is 1.61 bits per heavy atom. The highest BCUT2D eigenvalue weighted by Gasteiger charge is 2.35. The summed E-state index contributed by atoms with van der Waals surface area (Å²) in [6, 6.07) is 13.8. The van der Waals surface area contributed by atoms with E-state index in [1.54, 1.807) is 30.3 Å². The molecule has 3 aromatic carbocycles. The molecule has 0 spiro atoms. The van der Waals surface area contributed by atoms with E-state index in [1.165, 1.54) is 24.6 Å². The minimum absolute atomic E-state index is 0.0408. The third-order valence-electron chi connectivity index (χ3n) is 6.26. The highest BCUT2D eigenvalue weighted by Crippen LogP contribution is 2.40. The van der Waals surface area contributed by atoms with Crippen LogP contribution in [-0.2, 0) is 10.0 Å². The van der Waals surface area contributed by atoms with E-state index in [0.29, 0.717) is 28.0 Å². The fourth-order valence-electron chi connectivity index (χ4n) is 4.44. The Morgan fingerprint density at radius 1 is 0.944 bits per heavy atom. The van der Waals surface area contributed by atoms with Crippen LogP contribution in [0.5, 0.6) is 11.5 Å². The first-order valence-corrected chi connectivity index (χ1v) is 13.7. The first-order valence-electron chi connectivity index (χ1n) is 11.1. The van der Waals surface area contributed by atoms with Gasteiger partial charge in [-0.25, -0.2) is 8.42 Å².